The van der Waals surface area contributed by atoms with Crippen molar-refractivity contribution in [3.8, 4) is 0 Å². The van der Waals surface area contributed by atoms with Crippen LogP contribution in [0, 0.1) is 5.92 Å². The van der Waals surface area contributed by atoms with Crippen LogP contribution in [0.25, 0.3) is 10.9 Å². The van der Waals surface area contributed by atoms with Crippen LogP contribution in [0.4, 0.5) is 5.69 Å². The zero-order valence-corrected chi connectivity index (χ0v) is 17.5. The van der Waals surface area contributed by atoms with Crippen molar-refractivity contribution in [1.82, 2.24) is 9.13 Å². The van der Waals surface area contributed by atoms with Crippen LogP contribution in [0.5, 0.6) is 0 Å². The van der Waals surface area contributed by atoms with Crippen molar-refractivity contribution in [2.45, 2.75) is 18.3 Å². The van der Waals surface area contributed by atoms with Crippen molar-refractivity contribution in [2.24, 2.45) is 20.0 Å². The first-order valence-electron chi connectivity index (χ1n) is 10.7. The summed E-state index contributed by atoms with van der Waals surface area (Å²) in [6.45, 7) is 0. The van der Waals surface area contributed by atoms with Crippen molar-refractivity contribution in [1.29, 1.82) is 0 Å². The van der Waals surface area contributed by atoms with Crippen LogP contribution in [0.2, 0.25) is 0 Å². The van der Waals surface area contributed by atoms with Crippen molar-refractivity contribution >= 4 is 28.4 Å². The predicted molar refractivity (Wildman–Crippen MR) is 120 cm³/mol. The van der Waals surface area contributed by atoms with Crippen LogP contribution in [0.15, 0.2) is 72.9 Å². The molecule has 2 aromatic heterocycles. The van der Waals surface area contributed by atoms with Gasteiger partial charge in [0.2, 0.25) is 11.8 Å². The van der Waals surface area contributed by atoms with Gasteiger partial charge in [0.25, 0.3) is 0 Å². The van der Waals surface area contributed by atoms with Crippen LogP contribution < -0.4 is 4.90 Å². The minimum absolute atomic E-state index is 0.0566. The van der Waals surface area contributed by atoms with Gasteiger partial charge in [-0.3, -0.25) is 9.59 Å². The van der Waals surface area contributed by atoms with E-state index in [9.17, 15) is 9.59 Å². The number of hydrogen-bond acceptors (Lipinski definition) is 2. The van der Waals surface area contributed by atoms with Gasteiger partial charge in [0.15, 0.2) is 0 Å². The van der Waals surface area contributed by atoms with Gasteiger partial charge < -0.3 is 9.13 Å². The molecule has 0 saturated carbocycles. The Morgan fingerprint density at radius 3 is 2.39 bits per heavy atom. The fraction of sp³-hybridized carbons (Fsp3) is 0.231. The average molecular weight is 409 g/mol. The van der Waals surface area contributed by atoms with Crippen LogP contribution in [0.3, 0.4) is 0 Å². The molecule has 6 rings (SSSR count). The van der Waals surface area contributed by atoms with Crippen LogP contribution in [-0.2, 0) is 23.7 Å². The van der Waals surface area contributed by atoms with Gasteiger partial charge in [0.1, 0.15) is 0 Å². The lowest BCUT2D eigenvalue weighted by Crippen LogP contribution is -2.30. The Kier molecular flexibility index (Phi) is 3.78. The van der Waals surface area contributed by atoms with E-state index in [-0.39, 0.29) is 23.7 Å². The van der Waals surface area contributed by atoms with E-state index >= 15 is 0 Å². The fourth-order valence-electron chi connectivity index (χ4n) is 5.69. The van der Waals surface area contributed by atoms with E-state index in [1.54, 1.807) is 0 Å². The number of amides is 2. The second-order valence-corrected chi connectivity index (χ2v) is 8.67. The summed E-state index contributed by atoms with van der Waals surface area (Å²) in [5.41, 5.74) is 5.15. The minimum Gasteiger partial charge on any atom is -0.354 e. The van der Waals surface area contributed by atoms with E-state index in [0.29, 0.717) is 12.1 Å². The largest absolute Gasteiger partial charge is 0.354 e. The number of fused-ring (bicyclic) bond motifs is 4. The molecular formula is C26H23N3O2. The van der Waals surface area contributed by atoms with Crippen LogP contribution in [0.1, 0.15) is 35.2 Å². The zero-order chi connectivity index (χ0) is 21.3. The molecule has 0 spiro atoms. The first kappa shape index (κ1) is 18.2. The Hall–Kier alpha value is -3.60. The van der Waals surface area contributed by atoms with Gasteiger partial charge in [-0.25, -0.2) is 4.90 Å². The van der Waals surface area contributed by atoms with E-state index < -0.39 is 5.92 Å². The minimum atomic E-state index is -0.408. The third-order valence-electron chi connectivity index (χ3n) is 7.09. The van der Waals surface area contributed by atoms with Crippen LogP contribution in [-0.4, -0.2) is 20.9 Å². The summed E-state index contributed by atoms with van der Waals surface area (Å²) in [6.07, 6.45) is 2.65. The standard InChI is InChI=1S/C26H23N3O2/c1-27-13-12-18-23-20(25(30)29(26(23)31)17-9-4-3-5-10-17)15-19(24(18)27)22-14-16-8-6-7-11-21(16)28(22)2/h3-14,19-20,23H,15H2,1-2H3/t19-,20-,23+/m0/s1. The molecule has 154 valence electrons. The Morgan fingerprint density at radius 1 is 0.871 bits per heavy atom. The van der Waals surface area contributed by atoms with Crippen LogP contribution >= 0.6 is 0 Å². The van der Waals surface area contributed by atoms with E-state index in [4.69, 9.17) is 0 Å². The van der Waals surface area contributed by atoms with E-state index in [2.05, 4.69) is 34.4 Å². The van der Waals surface area contributed by atoms with Crippen molar-refractivity contribution in [3.05, 3.63) is 89.9 Å². The lowest BCUT2D eigenvalue weighted by molar-refractivity contribution is -0.122. The quantitative estimate of drug-likeness (QED) is 0.463. The Balaban J connectivity index is 1.51. The number of para-hydroxylation sites is 2. The summed E-state index contributed by atoms with van der Waals surface area (Å²) >= 11 is 0. The van der Waals surface area contributed by atoms with Crippen molar-refractivity contribution in [3.63, 3.8) is 0 Å². The van der Waals surface area contributed by atoms with Gasteiger partial charge in [-0.05, 0) is 47.7 Å². The molecular weight excluding hydrogens is 386 g/mol. The molecule has 1 aliphatic heterocycles. The Bertz CT molecular complexity index is 1350. The summed E-state index contributed by atoms with van der Waals surface area (Å²) in [5, 5.41) is 1.19. The van der Waals surface area contributed by atoms with Gasteiger partial charge in [0.05, 0.1) is 17.5 Å². The number of anilines is 1. The Labute approximate surface area is 180 Å². The molecule has 1 saturated heterocycles. The topological polar surface area (TPSA) is 47.2 Å². The van der Waals surface area contributed by atoms with Gasteiger partial charge in [-0.1, -0.05) is 36.4 Å². The first-order chi connectivity index (χ1) is 15.1. The highest BCUT2D eigenvalue weighted by molar-refractivity contribution is 6.24. The summed E-state index contributed by atoms with van der Waals surface area (Å²) in [7, 11) is 4.12. The molecule has 0 radical (unpaired) electrons. The monoisotopic (exact) mass is 409 g/mol. The van der Waals surface area contributed by atoms with Crippen molar-refractivity contribution < 1.29 is 9.59 Å². The summed E-state index contributed by atoms with van der Waals surface area (Å²) in [4.78, 5) is 28.4. The zero-order valence-electron chi connectivity index (χ0n) is 17.5. The number of nitrogens with zero attached hydrogens (tertiary/aromatic N) is 3. The molecule has 2 aliphatic rings. The average Bonchev–Trinajstić information content (AvgIpc) is 3.41. The third kappa shape index (κ3) is 2.43. The molecule has 0 unspecified atom stereocenters. The maximum atomic E-state index is 13.5. The maximum Gasteiger partial charge on any atom is 0.242 e. The highest BCUT2D eigenvalue weighted by atomic mass is 16.2. The molecule has 31 heavy (non-hydrogen) atoms. The van der Waals surface area contributed by atoms with E-state index in [1.807, 2.05) is 61.8 Å². The van der Waals surface area contributed by atoms with Gasteiger partial charge in [-0.2, -0.15) is 0 Å². The van der Waals surface area contributed by atoms with Crippen molar-refractivity contribution in [2.75, 3.05) is 4.90 Å². The number of aromatic nitrogens is 2. The highest BCUT2D eigenvalue weighted by Crippen LogP contribution is 2.51. The number of carbonyl (C=O) groups is 2. The van der Waals surface area contributed by atoms with Gasteiger partial charge in [0, 0.05) is 43.1 Å². The summed E-state index contributed by atoms with van der Waals surface area (Å²) < 4.78 is 4.35. The number of benzene rings is 2. The number of imide groups is 1. The smallest absolute Gasteiger partial charge is 0.242 e. The SMILES string of the molecule is Cn1ccc2c1[C@H](c1cc3ccccc3n1C)C[C@@H]1C(=O)N(c3ccccc3)C(=O)[C@H]21. The van der Waals surface area contributed by atoms with E-state index in [1.165, 1.54) is 21.5 Å². The lowest BCUT2D eigenvalue weighted by atomic mass is 9.73. The molecule has 0 bridgehead atoms. The second-order valence-electron chi connectivity index (χ2n) is 8.67. The molecule has 0 N–H and O–H groups in total. The maximum absolute atomic E-state index is 13.5. The molecule has 3 heterocycles. The third-order valence-corrected chi connectivity index (χ3v) is 7.09. The summed E-state index contributed by atoms with van der Waals surface area (Å²) in [5.74, 6) is -0.884. The number of carbonyl (C=O) groups excluding carboxylic acids is 2. The summed E-state index contributed by atoms with van der Waals surface area (Å²) in [6, 6.07) is 21.9. The lowest BCUT2D eigenvalue weighted by Gasteiger charge is -2.31. The molecule has 1 aliphatic carbocycles. The molecule has 5 heteroatoms. The molecule has 2 aromatic carbocycles. The molecule has 3 atom stereocenters. The molecule has 2 amide bonds. The molecule has 1 fully saturated rings. The fourth-order valence-corrected chi connectivity index (χ4v) is 5.69. The normalized spacial score (nSPS) is 22.8. The predicted octanol–water partition coefficient (Wildman–Crippen LogP) is 4.33. The highest BCUT2D eigenvalue weighted by Gasteiger charge is 2.54. The first-order valence-corrected chi connectivity index (χ1v) is 10.7. The number of rotatable bonds is 2. The second kappa shape index (κ2) is 6.45. The van der Waals surface area contributed by atoms with Gasteiger partial charge >= 0.3 is 0 Å². The molecule has 5 nitrogen and oxygen atoms in total. The molecule has 4 aromatic rings. The number of aryl methyl sites for hydroxylation is 2. The number of hydrogen-bond donors (Lipinski definition) is 0. The van der Waals surface area contributed by atoms with Gasteiger partial charge in [-0.15, -0.1) is 0 Å². The Morgan fingerprint density at radius 2 is 1.61 bits per heavy atom. The van der Waals surface area contributed by atoms with E-state index in [0.717, 1.165) is 11.3 Å².